The van der Waals surface area contributed by atoms with Gasteiger partial charge in [0.15, 0.2) is 5.82 Å². The fourth-order valence-corrected chi connectivity index (χ4v) is 4.83. The molecule has 1 saturated carbocycles. The van der Waals surface area contributed by atoms with E-state index in [1.54, 1.807) is 23.9 Å². The number of hydrogen-bond acceptors (Lipinski definition) is 4. The fourth-order valence-electron chi connectivity index (χ4n) is 4.83. The van der Waals surface area contributed by atoms with E-state index in [1.165, 1.54) is 30.5 Å². The van der Waals surface area contributed by atoms with Gasteiger partial charge in [0.1, 0.15) is 23.4 Å². The second kappa shape index (κ2) is 8.53. The predicted octanol–water partition coefficient (Wildman–Crippen LogP) is 5.76. The maximum atomic E-state index is 14.8. The van der Waals surface area contributed by atoms with Crippen LogP contribution in [0.15, 0.2) is 49.1 Å². The van der Waals surface area contributed by atoms with Crippen LogP contribution < -0.4 is 5.32 Å². The van der Waals surface area contributed by atoms with E-state index in [-0.39, 0.29) is 35.7 Å². The summed E-state index contributed by atoms with van der Waals surface area (Å²) in [5, 5.41) is 2.57. The molecule has 1 aromatic carbocycles. The Morgan fingerprint density at radius 3 is 2.70 bits per heavy atom. The second-order valence-electron chi connectivity index (χ2n) is 9.50. The molecule has 37 heavy (non-hydrogen) atoms. The molecule has 2 aliphatic rings. The van der Waals surface area contributed by atoms with Crippen molar-refractivity contribution in [3.8, 4) is 17.2 Å². The van der Waals surface area contributed by atoms with Crippen molar-refractivity contribution >= 4 is 11.7 Å². The molecule has 1 atom stereocenters. The predicted molar refractivity (Wildman–Crippen MR) is 127 cm³/mol. The van der Waals surface area contributed by atoms with Crippen molar-refractivity contribution in [3.63, 3.8) is 0 Å². The largest absolute Gasteiger partial charge is 0.409 e. The van der Waals surface area contributed by atoms with Crippen LogP contribution in [0.2, 0.25) is 0 Å². The lowest BCUT2D eigenvalue weighted by molar-refractivity contribution is -0.165. The number of nitrogens with zero attached hydrogens (tertiary/aromatic N) is 5. The number of alkyl halides is 3. The lowest BCUT2D eigenvalue weighted by Gasteiger charge is -2.19. The molecule has 0 radical (unpaired) electrons. The minimum atomic E-state index is -4.41. The highest BCUT2D eigenvalue weighted by molar-refractivity contribution is 6.04. The number of benzene rings is 1. The van der Waals surface area contributed by atoms with E-state index < -0.39 is 23.9 Å². The van der Waals surface area contributed by atoms with Crippen LogP contribution in [0.5, 0.6) is 0 Å². The van der Waals surface area contributed by atoms with Gasteiger partial charge >= 0.3 is 6.18 Å². The van der Waals surface area contributed by atoms with Gasteiger partial charge in [0, 0.05) is 24.0 Å². The Hall–Kier alpha value is -4.02. The van der Waals surface area contributed by atoms with Crippen molar-refractivity contribution in [2.75, 3.05) is 5.32 Å². The number of pyridine rings is 1. The van der Waals surface area contributed by atoms with Gasteiger partial charge < -0.3 is 14.5 Å². The molecule has 0 saturated heterocycles. The number of rotatable bonds is 5. The van der Waals surface area contributed by atoms with E-state index in [1.807, 2.05) is 6.20 Å². The number of nitrogens with one attached hydrogen (secondary N) is 1. The maximum Gasteiger partial charge on any atom is 0.409 e. The summed E-state index contributed by atoms with van der Waals surface area (Å²) in [7, 11) is 0. The second-order valence-corrected chi connectivity index (χ2v) is 9.50. The molecule has 1 N–H and O–H groups in total. The molecule has 0 spiro atoms. The molecule has 4 aromatic rings. The number of fused-ring (bicyclic) bond motifs is 1. The summed E-state index contributed by atoms with van der Waals surface area (Å²) in [6.07, 6.45) is 2.94. The number of anilines is 1. The maximum absolute atomic E-state index is 14.8. The molecule has 190 valence electrons. The van der Waals surface area contributed by atoms with Gasteiger partial charge in [0.25, 0.3) is 5.91 Å². The van der Waals surface area contributed by atoms with Gasteiger partial charge in [-0.1, -0.05) is 6.07 Å². The highest BCUT2D eigenvalue weighted by atomic mass is 19.4. The average Bonchev–Trinajstić information content (AvgIpc) is 3.23. The van der Waals surface area contributed by atoms with Crippen LogP contribution in [-0.4, -0.2) is 36.2 Å². The first-order chi connectivity index (χ1) is 17.7. The van der Waals surface area contributed by atoms with Crippen LogP contribution in [0.3, 0.4) is 0 Å². The number of amides is 1. The summed E-state index contributed by atoms with van der Waals surface area (Å²) in [5.74, 6) is -0.835. The summed E-state index contributed by atoms with van der Waals surface area (Å²) in [6.45, 7) is 1.75. The third-order valence-corrected chi connectivity index (χ3v) is 6.86. The fraction of sp³-hybridized carbons (Fsp3) is 0.308. The van der Waals surface area contributed by atoms with Gasteiger partial charge in [0.05, 0.1) is 23.3 Å². The Balaban J connectivity index is 1.28. The molecule has 0 unspecified atom stereocenters. The van der Waals surface area contributed by atoms with Crippen molar-refractivity contribution in [2.24, 2.45) is 0 Å². The summed E-state index contributed by atoms with van der Waals surface area (Å²) < 4.78 is 58.4. The molecular formula is C26H22F4N6O. The average molecular weight is 510 g/mol. The molecule has 7 nitrogen and oxygen atoms in total. The van der Waals surface area contributed by atoms with Gasteiger partial charge in [-0.3, -0.25) is 4.79 Å². The number of imidazole rings is 2. The number of aryl methyl sites for hydroxylation is 2. The zero-order valence-electron chi connectivity index (χ0n) is 19.8. The third kappa shape index (κ3) is 4.28. The van der Waals surface area contributed by atoms with Crippen molar-refractivity contribution < 1.29 is 22.4 Å². The zero-order chi connectivity index (χ0) is 25.9. The Morgan fingerprint density at radius 1 is 1.14 bits per heavy atom. The normalized spacial score (nSPS) is 17.2. The first-order valence-corrected chi connectivity index (χ1v) is 11.9. The molecule has 0 bridgehead atoms. The molecule has 1 fully saturated rings. The number of carbonyl (C=O) groups excluding carboxylic acids is 1. The van der Waals surface area contributed by atoms with Gasteiger partial charge in [-0.25, -0.2) is 19.3 Å². The lowest BCUT2D eigenvalue weighted by atomic mass is 10.1. The summed E-state index contributed by atoms with van der Waals surface area (Å²) in [4.78, 5) is 25.9. The van der Waals surface area contributed by atoms with E-state index in [2.05, 4.69) is 20.3 Å². The zero-order valence-corrected chi connectivity index (χ0v) is 19.8. The van der Waals surface area contributed by atoms with E-state index in [0.29, 0.717) is 22.9 Å². The Morgan fingerprint density at radius 2 is 1.95 bits per heavy atom. The van der Waals surface area contributed by atoms with Crippen LogP contribution in [0, 0.1) is 12.7 Å². The lowest BCUT2D eigenvalue weighted by Crippen LogP contribution is -2.24. The summed E-state index contributed by atoms with van der Waals surface area (Å²) in [6, 6.07) is 5.63. The van der Waals surface area contributed by atoms with Crippen molar-refractivity contribution in [3.05, 3.63) is 77.4 Å². The Bertz CT molecular complexity index is 1520. The van der Waals surface area contributed by atoms with Crippen molar-refractivity contribution in [1.82, 2.24) is 24.1 Å². The minimum Gasteiger partial charge on any atom is -0.315 e. The summed E-state index contributed by atoms with van der Waals surface area (Å²) in [5.41, 5.74) is 2.70. The van der Waals surface area contributed by atoms with E-state index >= 15 is 0 Å². The number of halogens is 4. The molecule has 11 heteroatoms. The third-order valence-electron chi connectivity index (χ3n) is 6.86. The van der Waals surface area contributed by atoms with Gasteiger partial charge in [-0.2, -0.15) is 13.2 Å². The van der Waals surface area contributed by atoms with Crippen molar-refractivity contribution in [2.45, 2.75) is 50.7 Å². The van der Waals surface area contributed by atoms with Crippen LogP contribution in [-0.2, 0) is 6.42 Å². The van der Waals surface area contributed by atoms with Crippen LogP contribution in [0.25, 0.3) is 17.2 Å². The van der Waals surface area contributed by atoms with Gasteiger partial charge in [-0.05, 0) is 62.4 Å². The molecule has 1 aliphatic heterocycles. The van der Waals surface area contributed by atoms with Crippen LogP contribution in [0.1, 0.15) is 58.5 Å². The monoisotopic (exact) mass is 510 g/mol. The van der Waals surface area contributed by atoms with Gasteiger partial charge in [0.2, 0.25) is 0 Å². The molecular weight excluding hydrogens is 488 g/mol. The van der Waals surface area contributed by atoms with Gasteiger partial charge in [-0.15, -0.1) is 0 Å². The molecule has 6 rings (SSSR count). The molecule has 3 aromatic heterocycles. The topological polar surface area (TPSA) is 77.6 Å². The van der Waals surface area contributed by atoms with Crippen molar-refractivity contribution in [1.29, 1.82) is 0 Å². The van der Waals surface area contributed by atoms with Crippen LogP contribution in [0.4, 0.5) is 23.4 Å². The first-order valence-electron chi connectivity index (χ1n) is 11.9. The quantitative estimate of drug-likeness (QED) is 0.347. The molecule has 1 amide bonds. The smallest absolute Gasteiger partial charge is 0.315 e. The molecule has 4 heterocycles. The standard InChI is InChI=1S/C26H22F4N6O/c1-14-9-18(27)17(10-21(14)35-12-20(32-13-35)15-5-6-15)25(37)34-23-4-2-3-19(33-23)24-31-11-16-7-8-22(36(16)24)26(28,29)30/h2-4,9-13,15,22H,5-8H2,1H3,(H,33,34,37)/t22-/m1/s1. The number of carbonyl (C=O) groups is 1. The van der Waals surface area contributed by atoms with E-state index in [4.69, 9.17) is 0 Å². The number of aromatic nitrogens is 5. The van der Waals surface area contributed by atoms with E-state index in [9.17, 15) is 22.4 Å². The highest BCUT2D eigenvalue weighted by Crippen LogP contribution is 2.42. The highest BCUT2D eigenvalue weighted by Gasteiger charge is 2.45. The minimum absolute atomic E-state index is 0.0567. The van der Waals surface area contributed by atoms with Crippen LogP contribution >= 0.6 is 0 Å². The summed E-state index contributed by atoms with van der Waals surface area (Å²) >= 11 is 0. The van der Waals surface area contributed by atoms with E-state index in [0.717, 1.165) is 23.1 Å². The Kier molecular flexibility index (Phi) is 5.39. The molecule has 1 aliphatic carbocycles. The first kappa shape index (κ1) is 23.4. The number of hydrogen-bond donors (Lipinski definition) is 1. The Labute approximate surface area is 209 Å². The SMILES string of the molecule is Cc1cc(F)c(C(=O)Nc2cccc(-c3ncc4n3[C@@H](C(F)(F)F)CC4)n2)cc1-n1cnc(C2CC2)c1.